The molecule has 3 aromatic carbocycles. The van der Waals surface area contributed by atoms with Crippen LogP contribution in [0.4, 0.5) is 26.3 Å². The molecule has 0 heterocycles. The van der Waals surface area contributed by atoms with E-state index in [0.29, 0.717) is 0 Å². The molecule has 3 rings (SSSR count). The summed E-state index contributed by atoms with van der Waals surface area (Å²) in [5.41, 5.74) is 0. The first-order valence-corrected chi connectivity index (χ1v) is 11.6. The molecule has 0 amide bonds. The second-order valence-corrected chi connectivity index (χ2v) is 9.62. The van der Waals surface area contributed by atoms with E-state index in [4.69, 9.17) is 0 Å². The standard InChI is InChI=1S/C18H15S.C3H2F6O4S/c1-4-10-16(11-5-1)19(17-12-6-2-7-13-17)18-14-8-3-9-15-18;4-1(13-3(7,8)9)2(5,6)14(10,11)12/h1-15H;1H,(H,10,11,12)/q+1;/p-1. The van der Waals surface area contributed by atoms with E-state index in [1.54, 1.807) is 0 Å². The van der Waals surface area contributed by atoms with Crippen LogP contribution in [0.3, 0.4) is 0 Å². The fraction of sp³-hybridized carbons (Fsp3) is 0.143. The molecule has 12 heteroatoms. The number of rotatable bonds is 6. The second-order valence-electron chi connectivity index (χ2n) is 6.14. The van der Waals surface area contributed by atoms with Gasteiger partial charge in [-0.25, -0.2) is 17.5 Å². The van der Waals surface area contributed by atoms with Gasteiger partial charge in [-0.15, -0.1) is 13.2 Å². The molecule has 0 N–H and O–H groups in total. The fourth-order valence-electron chi connectivity index (χ4n) is 2.38. The van der Waals surface area contributed by atoms with Gasteiger partial charge in [0.25, 0.3) is 6.36 Å². The second kappa shape index (κ2) is 11.1. The van der Waals surface area contributed by atoms with Crippen LogP contribution in [-0.4, -0.2) is 30.9 Å². The van der Waals surface area contributed by atoms with E-state index in [0.717, 1.165) is 0 Å². The topological polar surface area (TPSA) is 66.4 Å². The summed E-state index contributed by atoms with van der Waals surface area (Å²) in [6.07, 6.45) is -10.4. The summed E-state index contributed by atoms with van der Waals surface area (Å²) >= 11 is 0. The molecule has 1 atom stereocenters. The normalized spacial score (nSPS) is 13.2. The molecule has 0 radical (unpaired) electrons. The number of benzene rings is 3. The van der Waals surface area contributed by atoms with E-state index in [9.17, 15) is 39.3 Å². The van der Waals surface area contributed by atoms with Gasteiger partial charge in [-0.05, 0) is 36.4 Å². The van der Waals surface area contributed by atoms with Crippen LogP contribution in [0.15, 0.2) is 106 Å². The van der Waals surface area contributed by atoms with Gasteiger partial charge in [-0.2, -0.15) is 8.78 Å². The van der Waals surface area contributed by atoms with Crippen molar-refractivity contribution in [3.05, 3.63) is 91.0 Å². The SMILES string of the molecule is O=S(=O)([O-])C(F)(F)C(F)OC(F)(F)F.c1ccc([S+](c2ccccc2)c2ccccc2)cc1. The van der Waals surface area contributed by atoms with Gasteiger partial charge in [-0.3, -0.25) is 0 Å². The molecule has 178 valence electrons. The summed E-state index contributed by atoms with van der Waals surface area (Å²) in [6.45, 7) is 0. The maximum Gasteiger partial charge on any atom is 0.525 e. The van der Waals surface area contributed by atoms with Gasteiger partial charge in [0.15, 0.2) is 24.8 Å². The maximum atomic E-state index is 12.0. The van der Waals surface area contributed by atoms with E-state index in [2.05, 4.69) is 91.0 Å². The molecule has 3 aromatic rings. The third kappa shape index (κ3) is 7.77. The van der Waals surface area contributed by atoms with E-state index in [1.807, 2.05) is 4.74 Å². The van der Waals surface area contributed by atoms with Gasteiger partial charge in [0.05, 0.1) is 10.9 Å². The monoisotopic (exact) mass is 510 g/mol. The van der Waals surface area contributed by atoms with Crippen molar-refractivity contribution >= 4 is 21.0 Å². The van der Waals surface area contributed by atoms with Crippen LogP contribution in [-0.2, 0) is 25.7 Å². The molecule has 0 bridgehead atoms. The summed E-state index contributed by atoms with van der Waals surface area (Å²) in [7, 11) is -6.57. The van der Waals surface area contributed by atoms with E-state index in [1.165, 1.54) is 14.7 Å². The van der Waals surface area contributed by atoms with Gasteiger partial charge in [0.1, 0.15) is 0 Å². The molecule has 0 aliphatic heterocycles. The average molecular weight is 510 g/mol. The Morgan fingerprint density at radius 2 is 1.00 bits per heavy atom. The smallest absolute Gasteiger partial charge is 0.525 e. The van der Waals surface area contributed by atoms with Crippen LogP contribution >= 0.6 is 0 Å². The first-order valence-electron chi connectivity index (χ1n) is 8.94. The van der Waals surface area contributed by atoms with Crippen LogP contribution in [0.1, 0.15) is 0 Å². The highest BCUT2D eigenvalue weighted by molar-refractivity contribution is 7.97. The van der Waals surface area contributed by atoms with E-state index < -0.39 is 28.1 Å². The zero-order valence-electron chi connectivity index (χ0n) is 16.5. The number of hydrogen-bond acceptors (Lipinski definition) is 4. The number of halogens is 6. The Morgan fingerprint density at radius 1 is 0.697 bits per heavy atom. The van der Waals surface area contributed by atoms with E-state index >= 15 is 0 Å². The average Bonchev–Trinajstić information content (AvgIpc) is 2.75. The maximum absolute atomic E-state index is 12.0. The summed E-state index contributed by atoms with van der Waals surface area (Å²) < 4.78 is 100. The molecule has 0 aromatic heterocycles. The lowest BCUT2D eigenvalue weighted by atomic mass is 10.4. The van der Waals surface area contributed by atoms with Crippen LogP contribution in [0.5, 0.6) is 0 Å². The quantitative estimate of drug-likeness (QED) is 0.241. The summed E-state index contributed by atoms with van der Waals surface area (Å²) in [5, 5.41) is -5.79. The zero-order chi connectivity index (χ0) is 24.7. The Hall–Kier alpha value is -2.54. The minimum Gasteiger partial charge on any atom is -0.743 e. The van der Waals surface area contributed by atoms with Crippen LogP contribution in [0.25, 0.3) is 0 Å². The van der Waals surface area contributed by atoms with Crippen LogP contribution in [0.2, 0.25) is 0 Å². The summed E-state index contributed by atoms with van der Waals surface area (Å²) in [5.74, 6) is 0. The third-order valence-electron chi connectivity index (χ3n) is 3.77. The van der Waals surface area contributed by atoms with Crippen LogP contribution in [0, 0.1) is 0 Å². The first-order chi connectivity index (χ1) is 15.3. The molecule has 0 aliphatic carbocycles. The lowest BCUT2D eigenvalue weighted by molar-refractivity contribution is -0.378. The van der Waals surface area contributed by atoms with Crippen LogP contribution < -0.4 is 0 Å². The molecular weight excluding hydrogens is 494 g/mol. The molecular formula is C21H16F6O4S2. The van der Waals surface area contributed by atoms with E-state index in [-0.39, 0.29) is 10.9 Å². The highest BCUT2D eigenvalue weighted by Gasteiger charge is 2.53. The lowest BCUT2D eigenvalue weighted by Crippen LogP contribution is -2.42. The Morgan fingerprint density at radius 3 is 1.24 bits per heavy atom. The summed E-state index contributed by atoms with van der Waals surface area (Å²) in [4.78, 5) is 4.08. The van der Waals surface area contributed by atoms with Gasteiger partial charge in [0.2, 0.25) is 0 Å². The van der Waals surface area contributed by atoms with Crippen molar-refractivity contribution in [2.24, 2.45) is 0 Å². The Bertz CT molecular complexity index is 1000. The highest BCUT2D eigenvalue weighted by Crippen LogP contribution is 2.33. The zero-order valence-corrected chi connectivity index (χ0v) is 18.1. The third-order valence-corrected chi connectivity index (χ3v) is 6.85. The minimum atomic E-state index is -6.56. The highest BCUT2D eigenvalue weighted by atomic mass is 32.2. The van der Waals surface area contributed by atoms with Crippen molar-refractivity contribution in [1.82, 2.24) is 0 Å². The molecule has 0 spiro atoms. The molecule has 0 saturated carbocycles. The van der Waals surface area contributed by atoms with Crippen molar-refractivity contribution in [2.75, 3.05) is 0 Å². The minimum absolute atomic E-state index is 0.0146. The molecule has 4 nitrogen and oxygen atoms in total. The van der Waals surface area contributed by atoms with Crippen molar-refractivity contribution in [1.29, 1.82) is 0 Å². The van der Waals surface area contributed by atoms with Gasteiger partial charge < -0.3 is 4.55 Å². The van der Waals surface area contributed by atoms with Gasteiger partial charge in [0, 0.05) is 0 Å². The molecule has 33 heavy (non-hydrogen) atoms. The largest absolute Gasteiger partial charge is 0.743 e. The fourth-order valence-corrected chi connectivity index (χ4v) is 4.76. The van der Waals surface area contributed by atoms with Crippen molar-refractivity contribution in [3.63, 3.8) is 0 Å². The Kier molecular flexibility index (Phi) is 8.95. The van der Waals surface area contributed by atoms with Crippen molar-refractivity contribution < 1.29 is 44.0 Å². The van der Waals surface area contributed by atoms with Gasteiger partial charge >= 0.3 is 11.6 Å². The number of ether oxygens (including phenoxy) is 1. The van der Waals surface area contributed by atoms with Crippen molar-refractivity contribution in [2.45, 2.75) is 32.7 Å². The van der Waals surface area contributed by atoms with Crippen molar-refractivity contribution in [3.8, 4) is 0 Å². The summed E-state index contributed by atoms with van der Waals surface area (Å²) in [6, 6.07) is 32.2. The molecule has 0 fully saturated rings. The molecule has 0 saturated heterocycles. The Balaban J connectivity index is 0.000000248. The van der Waals surface area contributed by atoms with Gasteiger partial charge in [-0.1, -0.05) is 54.6 Å². The Labute approximate surface area is 188 Å². The first kappa shape index (κ1) is 26.7. The molecule has 0 aliphatic rings. The molecule has 1 unspecified atom stereocenters. The predicted octanol–water partition coefficient (Wildman–Crippen LogP) is 5.74. The lowest BCUT2D eigenvalue weighted by Gasteiger charge is -2.23. The number of hydrogen-bond donors (Lipinski definition) is 0. The predicted molar refractivity (Wildman–Crippen MR) is 108 cm³/mol. The number of alkyl halides is 6.